The molecule has 2 rings (SSSR count). The molecule has 2 aromatic rings. The molecular weight excluding hydrogens is 337 g/mol. The Kier molecular flexibility index (Phi) is 5.80. The summed E-state index contributed by atoms with van der Waals surface area (Å²) in [5.74, 6) is -0.108. The Balaban J connectivity index is 2.22. The molecule has 0 radical (unpaired) electrons. The molecule has 0 unspecified atom stereocenters. The third kappa shape index (κ3) is 5.07. The zero-order valence-corrected chi connectivity index (χ0v) is 13.3. The van der Waals surface area contributed by atoms with Crippen molar-refractivity contribution in [2.24, 2.45) is 0 Å². The molecule has 0 saturated carbocycles. The van der Waals surface area contributed by atoms with Crippen molar-refractivity contribution < 1.29 is 32.2 Å². The van der Waals surface area contributed by atoms with Crippen LogP contribution in [0, 0.1) is 0 Å². The summed E-state index contributed by atoms with van der Waals surface area (Å²) in [4.78, 5) is 22.6. The Bertz CT molecular complexity index is 769. The van der Waals surface area contributed by atoms with Crippen LogP contribution in [0.15, 0.2) is 42.5 Å². The summed E-state index contributed by atoms with van der Waals surface area (Å²) < 4.78 is 48.5. The summed E-state index contributed by atoms with van der Waals surface area (Å²) in [6, 6.07) is 9.11. The minimum absolute atomic E-state index is 0.00344. The average molecular weight is 352 g/mol. The second kappa shape index (κ2) is 7.83. The van der Waals surface area contributed by atoms with Gasteiger partial charge in [-0.15, -0.1) is 0 Å². The van der Waals surface area contributed by atoms with Crippen molar-refractivity contribution in [2.45, 2.75) is 19.5 Å². The fourth-order valence-corrected chi connectivity index (χ4v) is 2.13. The number of hydrogen-bond donors (Lipinski definition) is 0. The van der Waals surface area contributed by atoms with Crippen molar-refractivity contribution in [1.29, 1.82) is 0 Å². The molecule has 0 spiro atoms. The van der Waals surface area contributed by atoms with Crippen LogP contribution in [0.1, 0.15) is 28.4 Å². The number of hydrogen-bond acceptors (Lipinski definition) is 4. The summed E-state index contributed by atoms with van der Waals surface area (Å²) in [6.07, 6.45) is -4.21. The largest absolute Gasteiger partial charge is 0.466 e. The van der Waals surface area contributed by atoms with Gasteiger partial charge in [0, 0.05) is 0 Å². The molecule has 0 aromatic heterocycles. The van der Waals surface area contributed by atoms with Gasteiger partial charge in [0.2, 0.25) is 0 Å². The van der Waals surface area contributed by atoms with Gasteiger partial charge in [-0.3, -0.25) is 9.59 Å². The lowest BCUT2D eigenvalue weighted by atomic mass is 10.1. The van der Waals surface area contributed by atoms with E-state index in [9.17, 15) is 22.8 Å². The molecule has 0 amide bonds. The molecule has 0 N–H and O–H groups in total. The van der Waals surface area contributed by atoms with Gasteiger partial charge in [0.25, 0.3) is 0 Å². The monoisotopic (exact) mass is 352 g/mol. The highest BCUT2D eigenvalue weighted by Crippen LogP contribution is 2.33. The van der Waals surface area contributed by atoms with E-state index >= 15 is 0 Å². The smallest absolute Gasteiger partial charge is 0.416 e. The van der Waals surface area contributed by atoms with Crippen LogP contribution >= 0.6 is 0 Å². The predicted molar refractivity (Wildman–Crippen MR) is 83.7 cm³/mol. The van der Waals surface area contributed by atoms with Gasteiger partial charge in [-0.1, -0.05) is 12.1 Å². The fourth-order valence-electron chi connectivity index (χ4n) is 2.13. The zero-order valence-electron chi connectivity index (χ0n) is 13.3. The van der Waals surface area contributed by atoms with E-state index in [2.05, 4.69) is 0 Å². The Morgan fingerprint density at radius 3 is 2.56 bits per heavy atom. The van der Waals surface area contributed by atoms with E-state index in [1.807, 2.05) is 0 Å². The van der Waals surface area contributed by atoms with Crippen LogP contribution in [0.3, 0.4) is 0 Å². The standard InChI is InChI=1S/C18H15F3O4/c1-2-24-17(23)9-12-4-3-5-15(8-12)25-16-7-6-14(18(19,20)21)10-13(16)11-22/h3-8,10-11H,2,9H2,1H3. The maximum atomic E-state index is 12.7. The van der Waals surface area contributed by atoms with Crippen LogP contribution in [-0.4, -0.2) is 18.9 Å². The molecule has 0 aliphatic rings. The van der Waals surface area contributed by atoms with E-state index < -0.39 is 17.7 Å². The van der Waals surface area contributed by atoms with E-state index in [0.717, 1.165) is 18.2 Å². The molecule has 7 heteroatoms. The SMILES string of the molecule is CCOC(=O)Cc1cccc(Oc2ccc(C(F)(F)F)cc2C=O)c1. The number of rotatable bonds is 6. The molecule has 0 saturated heterocycles. The van der Waals surface area contributed by atoms with Gasteiger partial charge in [-0.05, 0) is 42.8 Å². The number of alkyl halides is 3. The van der Waals surface area contributed by atoms with Gasteiger partial charge in [0.05, 0.1) is 24.2 Å². The molecule has 0 aliphatic carbocycles. The van der Waals surface area contributed by atoms with Crippen molar-refractivity contribution >= 4 is 12.3 Å². The number of aldehydes is 1. The molecular formula is C18H15F3O4. The third-order valence-corrected chi connectivity index (χ3v) is 3.24. The van der Waals surface area contributed by atoms with E-state index in [1.54, 1.807) is 31.2 Å². The van der Waals surface area contributed by atoms with E-state index in [-0.39, 0.29) is 24.3 Å². The van der Waals surface area contributed by atoms with Crippen LogP contribution in [0.4, 0.5) is 13.2 Å². The molecule has 0 atom stereocenters. The normalized spacial score (nSPS) is 11.0. The van der Waals surface area contributed by atoms with Crippen LogP contribution in [0.2, 0.25) is 0 Å². The van der Waals surface area contributed by atoms with Gasteiger partial charge in [0.1, 0.15) is 11.5 Å². The second-order valence-corrected chi connectivity index (χ2v) is 5.10. The molecule has 0 fully saturated rings. The van der Waals surface area contributed by atoms with Gasteiger partial charge in [-0.25, -0.2) is 0 Å². The van der Waals surface area contributed by atoms with E-state index in [1.165, 1.54) is 0 Å². The van der Waals surface area contributed by atoms with Crippen molar-refractivity contribution in [3.63, 3.8) is 0 Å². The summed E-state index contributed by atoms with van der Waals surface area (Å²) in [5.41, 5.74) is -0.529. The van der Waals surface area contributed by atoms with E-state index in [0.29, 0.717) is 17.6 Å². The van der Waals surface area contributed by atoms with Crippen molar-refractivity contribution in [2.75, 3.05) is 6.61 Å². The number of benzene rings is 2. The summed E-state index contributed by atoms with van der Waals surface area (Å²) in [5, 5.41) is 0. The van der Waals surface area contributed by atoms with E-state index in [4.69, 9.17) is 9.47 Å². The van der Waals surface area contributed by atoms with Crippen LogP contribution in [-0.2, 0) is 22.1 Å². The molecule has 0 heterocycles. The first kappa shape index (κ1) is 18.5. The number of carbonyl (C=O) groups is 2. The molecule has 132 valence electrons. The van der Waals surface area contributed by atoms with Gasteiger partial charge in [0.15, 0.2) is 6.29 Å². The first-order chi connectivity index (χ1) is 11.8. The van der Waals surface area contributed by atoms with Crippen molar-refractivity contribution in [3.05, 3.63) is 59.2 Å². The maximum absolute atomic E-state index is 12.7. The molecule has 0 aliphatic heterocycles. The number of ether oxygens (including phenoxy) is 2. The summed E-state index contributed by atoms with van der Waals surface area (Å²) in [7, 11) is 0. The third-order valence-electron chi connectivity index (χ3n) is 3.24. The van der Waals surface area contributed by atoms with Crippen LogP contribution < -0.4 is 4.74 Å². The van der Waals surface area contributed by atoms with Crippen LogP contribution in [0.5, 0.6) is 11.5 Å². The summed E-state index contributed by atoms with van der Waals surface area (Å²) in [6.45, 7) is 1.96. The Hall–Kier alpha value is -2.83. The first-order valence-electron chi connectivity index (χ1n) is 7.42. The Morgan fingerprint density at radius 2 is 1.92 bits per heavy atom. The summed E-state index contributed by atoms with van der Waals surface area (Å²) >= 11 is 0. The highest BCUT2D eigenvalue weighted by Gasteiger charge is 2.31. The minimum atomic E-state index is -4.55. The molecule has 2 aromatic carbocycles. The lowest BCUT2D eigenvalue weighted by molar-refractivity contribution is -0.142. The minimum Gasteiger partial charge on any atom is -0.466 e. The highest BCUT2D eigenvalue weighted by atomic mass is 19.4. The van der Waals surface area contributed by atoms with Gasteiger partial charge in [-0.2, -0.15) is 13.2 Å². The molecule has 25 heavy (non-hydrogen) atoms. The first-order valence-corrected chi connectivity index (χ1v) is 7.42. The van der Waals surface area contributed by atoms with Crippen molar-refractivity contribution in [1.82, 2.24) is 0 Å². The van der Waals surface area contributed by atoms with Gasteiger partial charge >= 0.3 is 12.1 Å². The predicted octanol–water partition coefficient (Wildman–Crippen LogP) is 4.42. The maximum Gasteiger partial charge on any atom is 0.416 e. The number of halogens is 3. The highest BCUT2D eigenvalue weighted by molar-refractivity contribution is 5.80. The topological polar surface area (TPSA) is 52.6 Å². The van der Waals surface area contributed by atoms with Crippen molar-refractivity contribution in [3.8, 4) is 11.5 Å². The average Bonchev–Trinajstić information content (AvgIpc) is 2.54. The van der Waals surface area contributed by atoms with Crippen LogP contribution in [0.25, 0.3) is 0 Å². The lowest BCUT2D eigenvalue weighted by Crippen LogP contribution is -2.07. The number of carbonyl (C=O) groups excluding carboxylic acids is 2. The van der Waals surface area contributed by atoms with Gasteiger partial charge < -0.3 is 9.47 Å². The molecule has 0 bridgehead atoms. The molecule has 4 nitrogen and oxygen atoms in total. The second-order valence-electron chi connectivity index (χ2n) is 5.10. The Labute approximate surface area is 142 Å². The lowest BCUT2D eigenvalue weighted by Gasteiger charge is -2.12. The fraction of sp³-hybridized carbons (Fsp3) is 0.222. The zero-order chi connectivity index (χ0) is 18.4. The number of esters is 1. The Morgan fingerprint density at radius 1 is 1.16 bits per heavy atom. The quantitative estimate of drug-likeness (QED) is 0.571.